The molecule has 0 spiro atoms. The van der Waals surface area contributed by atoms with Crippen LogP contribution in [0.15, 0.2) is 41.1 Å². The molecule has 1 aromatic heterocycles. The first kappa shape index (κ1) is 13.0. The van der Waals surface area contributed by atoms with Crippen LogP contribution in [0, 0.1) is 0 Å². The van der Waals surface area contributed by atoms with Crippen LogP contribution in [-0.4, -0.2) is 23.8 Å². The lowest BCUT2D eigenvalue weighted by atomic mass is 9.88. The Labute approximate surface area is 120 Å². The van der Waals surface area contributed by atoms with E-state index in [-0.39, 0.29) is 12.2 Å². The van der Waals surface area contributed by atoms with Crippen molar-refractivity contribution in [3.05, 3.63) is 52.2 Å². The number of thiophene rings is 1. The quantitative estimate of drug-likeness (QED) is 0.880. The van der Waals surface area contributed by atoms with Crippen molar-refractivity contribution < 1.29 is 14.7 Å². The summed E-state index contributed by atoms with van der Waals surface area (Å²) in [6.45, 7) is 0. The van der Waals surface area contributed by atoms with Gasteiger partial charge in [-0.2, -0.15) is 11.3 Å². The van der Waals surface area contributed by atoms with E-state index in [0.717, 1.165) is 0 Å². The van der Waals surface area contributed by atoms with Crippen LogP contribution < -0.4 is 4.90 Å². The molecule has 0 radical (unpaired) electrons. The maximum absolute atomic E-state index is 12.3. The Kier molecular flexibility index (Phi) is 2.96. The van der Waals surface area contributed by atoms with Crippen molar-refractivity contribution >= 4 is 28.7 Å². The Morgan fingerprint density at radius 3 is 2.80 bits per heavy atom. The molecule has 2 aromatic rings. The van der Waals surface area contributed by atoms with E-state index in [9.17, 15) is 14.7 Å². The summed E-state index contributed by atoms with van der Waals surface area (Å²) in [6.07, 6.45) is -0.232. The number of rotatable bonds is 3. The number of para-hydroxylation sites is 1. The summed E-state index contributed by atoms with van der Waals surface area (Å²) in [4.78, 5) is 25.9. The summed E-state index contributed by atoms with van der Waals surface area (Å²) in [5.41, 5.74) is -0.0814. The summed E-state index contributed by atoms with van der Waals surface area (Å²) in [5, 5.41) is 14.3. The molecule has 1 amide bonds. The molecule has 0 bridgehead atoms. The molecule has 1 atom stereocenters. The fourth-order valence-electron chi connectivity index (χ4n) is 2.55. The number of carbonyl (C=O) groups excluding carboxylic acids is 2. The number of nitrogens with zero attached hydrogens (tertiary/aromatic N) is 1. The summed E-state index contributed by atoms with van der Waals surface area (Å²) in [6, 6.07) is 8.71. The number of hydrogen-bond acceptors (Lipinski definition) is 4. The van der Waals surface area contributed by atoms with E-state index in [1.54, 1.807) is 48.1 Å². The van der Waals surface area contributed by atoms with Crippen molar-refractivity contribution in [2.24, 2.45) is 0 Å². The lowest BCUT2D eigenvalue weighted by Gasteiger charge is -2.20. The first-order valence-corrected chi connectivity index (χ1v) is 7.14. The third-order valence-electron chi connectivity index (χ3n) is 3.63. The molecule has 2 heterocycles. The third-order valence-corrected chi connectivity index (χ3v) is 4.31. The van der Waals surface area contributed by atoms with Crippen LogP contribution in [0.4, 0.5) is 5.69 Å². The molecule has 0 saturated carbocycles. The summed E-state index contributed by atoms with van der Waals surface area (Å²) >= 11 is 1.41. The van der Waals surface area contributed by atoms with Crippen molar-refractivity contribution in [2.45, 2.75) is 12.0 Å². The average Bonchev–Trinajstić information content (AvgIpc) is 3.04. The fraction of sp³-hybridized carbons (Fsp3) is 0.200. The van der Waals surface area contributed by atoms with E-state index in [4.69, 9.17) is 0 Å². The molecule has 1 aromatic carbocycles. The van der Waals surface area contributed by atoms with Gasteiger partial charge < -0.3 is 10.0 Å². The predicted octanol–water partition coefficient (Wildman–Crippen LogP) is 2.19. The Morgan fingerprint density at radius 1 is 1.35 bits per heavy atom. The molecule has 3 rings (SSSR count). The average molecular weight is 287 g/mol. The molecule has 0 saturated heterocycles. The van der Waals surface area contributed by atoms with Crippen LogP contribution in [-0.2, 0) is 10.4 Å². The lowest BCUT2D eigenvalue weighted by Crippen LogP contribution is -2.40. The largest absolute Gasteiger partial charge is 0.375 e. The second kappa shape index (κ2) is 4.54. The SMILES string of the molecule is CN1C(=O)[C@@](O)(CC(=O)c2ccsc2)c2ccccc21. The number of amides is 1. The number of hydrogen-bond donors (Lipinski definition) is 1. The number of ketones is 1. The van der Waals surface area contributed by atoms with Gasteiger partial charge in [0, 0.05) is 23.6 Å². The highest BCUT2D eigenvalue weighted by atomic mass is 32.1. The minimum atomic E-state index is -1.76. The molecule has 20 heavy (non-hydrogen) atoms. The number of aliphatic hydroxyl groups is 1. The van der Waals surface area contributed by atoms with Gasteiger partial charge in [-0.3, -0.25) is 9.59 Å². The summed E-state index contributed by atoms with van der Waals surface area (Å²) in [5.74, 6) is -0.686. The van der Waals surface area contributed by atoms with Gasteiger partial charge >= 0.3 is 0 Å². The Balaban J connectivity index is 2.00. The van der Waals surface area contributed by atoms with Gasteiger partial charge in [0.15, 0.2) is 11.4 Å². The first-order valence-electron chi connectivity index (χ1n) is 6.19. The van der Waals surface area contributed by atoms with E-state index in [1.807, 2.05) is 0 Å². The minimum absolute atomic E-state index is 0.229. The fourth-order valence-corrected chi connectivity index (χ4v) is 3.21. The van der Waals surface area contributed by atoms with Crippen LogP contribution >= 0.6 is 11.3 Å². The van der Waals surface area contributed by atoms with Gasteiger partial charge in [0.2, 0.25) is 0 Å². The molecular formula is C15H13NO3S. The zero-order valence-corrected chi connectivity index (χ0v) is 11.7. The van der Waals surface area contributed by atoms with Crippen LogP contribution in [0.1, 0.15) is 22.3 Å². The highest BCUT2D eigenvalue weighted by molar-refractivity contribution is 7.08. The lowest BCUT2D eigenvalue weighted by molar-refractivity contribution is -0.135. The second-order valence-electron chi connectivity index (χ2n) is 4.85. The van der Waals surface area contributed by atoms with E-state index < -0.39 is 11.5 Å². The van der Waals surface area contributed by atoms with Crippen molar-refractivity contribution in [3.8, 4) is 0 Å². The third kappa shape index (κ3) is 1.78. The van der Waals surface area contributed by atoms with Crippen molar-refractivity contribution in [3.63, 3.8) is 0 Å². The zero-order valence-electron chi connectivity index (χ0n) is 10.9. The summed E-state index contributed by atoms with van der Waals surface area (Å²) < 4.78 is 0. The molecule has 0 aliphatic carbocycles. The molecule has 102 valence electrons. The zero-order chi connectivity index (χ0) is 14.3. The molecule has 4 nitrogen and oxygen atoms in total. The predicted molar refractivity (Wildman–Crippen MR) is 77.0 cm³/mol. The molecule has 1 aliphatic rings. The van der Waals surface area contributed by atoms with Gasteiger partial charge in [-0.05, 0) is 17.5 Å². The molecule has 0 fully saturated rings. The van der Waals surface area contributed by atoms with Crippen molar-refractivity contribution in [2.75, 3.05) is 11.9 Å². The Morgan fingerprint density at radius 2 is 2.10 bits per heavy atom. The van der Waals surface area contributed by atoms with Crippen LogP contribution in [0.25, 0.3) is 0 Å². The van der Waals surface area contributed by atoms with Crippen molar-refractivity contribution in [1.29, 1.82) is 0 Å². The highest BCUT2D eigenvalue weighted by Gasteiger charge is 2.49. The van der Waals surface area contributed by atoms with Crippen LogP contribution in [0.5, 0.6) is 0 Å². The van der Waals surface area contributed by atoms with E-state index in [2.05, 4.69) is 0 Å². The number of anilines is 1. The van der Waals surface area contributed by atoms with Gasteiger partial charge in [0.25, 0.3) is 5.91 Å². The highest BCUT2D eigenvalue weighted by Crippen LogP contribution is 2.41. The van der Waals surface area contributed by atoms with Crippen molar-refractivity contribution in [1.82, 2.24) is 0 Å². The molecule has 0 unspecified atom stereocenters. The van der Waals surface area contributed by atoms with Gasteiger partial charge in [-0.25, -0.2) is 0 Å². The molecular weight excluding hydrogens is 274 g/mol. The monoisotopic (exact) mass is 287 g/mol. The van der Waals surface area contributed by atoms with Gasteiger partial charge in [0.1, 0.15) is 0 Å². The Hall–Kier alpha value is -1.98. The topological polar surface area (TPSA) is 57.6 Å². The van der Waals surface area contributed by atoms with Gasteiger partial charge in [-0.1, -0.05) is 18.2 Å². The normalized spacial score (nSPS) is 21.1. The van der Waals surface area contributed by atoms with Crippen LogP contribution in [0.2, 0.25) is 0 Å². The maximum atomic E-state index is 12.3. The van der Waals surface area contributed by atoms with Gasteiger partial charge in [-0.15, -0.1) is 0 Å². The van der Waals surface area contributed by atoms with Crippen LogP contribution in [0.3, 0.4) is 0 Å². The smallest absolute Gasteiger partial charge is 0.263 e. The number of carbonyl (C=O) groups is 2. The van der Waals surface area contributed by atoms with Gasteiger partial charge in [0.05, 0.1) is 12.1 Å². The van der Waals surface area contributed by atoms with E-state index in [0.29, 0.717) is 16.8 Å². The molecule has 1 aliphatic heterocycles. The standard InChI is InChI=1S/C15H13NO3S/c1-16-12-5-3-2-4-11(12)15(19,14(16)18)8-13(17)10-6-7-20-9-10/h2-7,9,19H,8H2,1H3/t15-/m1/s1. The Bertz CT molecular complexity index is 680. The summed E-state index contributed by atoms with van der Waals surface area (Å²) in [7, 11) is 1.61. The maximum Gasteiger partial charge on any atom is 0.263 e. The number of fused-ring (bicyclic) bond motifs is 1. The number of benzene rings is 1. The first-order chi connectivity index (χ1) is 9.54. The van der Waals surface area contributed by atoms with E-state index in [1.165, 1.54) is 16.2 Å². The molecule has 1 N–H and O–H groups in total. The minimum Gasteiger partial charge on any atom is -0.375 e. The second-order valence-corrected chi connectivity index (χ2v) is 5.63. The van der Waals surface area contributed by atoms with E-state index >= 15 is 0 Å². The molecule has 5 heteroatoms. The number of Topliss-reactive ketones (excluding diaryl/α,β-unsaturated/α-hetero) is 1. The number of likely N-dealkylation sites (N-methyl/N-ethyl adjacent to an activating group) is 1.